The summed E-state index contributed by atoms with van der Waals surface area (Å²) in [6.07, 6.45) is 1.37. The van der Waals surface area contributed by atoms with Gasteiger partial charge in [0.15, 0.2) is 0 Å². The maximum Gasteiger partial charge on any atom is 0.229 e. The first kappa shape index (κ1) is 21.8. The Morgan fingerprint density at radius 2 is 1.83 bits per heavy atom. The minimum absolute atomic E-state index is 0.0208. The molecule has 2 aromatic rings. The van der Waals surface area contributed by atoms with Crippen molar-refractivity contribution in [3.05, 3.63) is 40.9 Å². The number of hydrogen-bond acceptors (Lipinski definition) is 6. The van der Waals surface area contributed by atoms with Gasteiger partial charge >= 0.3 is 0 Å². The number of thioether (sulfide) groups is 1. The molecule has 0 saturated carbocycles. The van der Waals surface area contributed by atoms with Gasteiger partial charge in [-0.05, 0) is 18.4 Å². The lowest BCUT2D eigenvalue weighted by molar-refractivity contribution is -0.142. The van der Waals surface area contributed by atoms with Gasteiger partial charge in [0.05, 0.1) is 0 Å². The molecule has 0 unspecified atom stereocenters. The SMILES string of the molecule is CC(C)(C)C(=O)N1CCC(C(=O)Nc2nnc(CSCc3ccccc3)s2)CC1. The quantitative estimate of drug-likeness (QED) is 0.741. The highest BCUT2D eigenvalue weighted by Crippen LogP contribution is 2.26. The summed E-state index contributed by atoms with van der Waals surface area (Å²) in [4.78, 5) is 26.8. The van der Waals surface area contributed by atoms with E-state index in [4.69, 9.17) is 0 Å². The number of anilines is 1. The molecule has 1 N–H and O–H groups in total. The number of carbonyl (C=O) groups is 2. The molecule has 1 aliphatic heterocycles. The van der Waals surface area contributed by atoms with Crippen molar-refractivity contribution in [2.75, 3.05) is 18.4 Å². The number of hydrogen-bond donors (Lipinski definition) is 1. The average Bonchev–Trinajstić information content (AvgIpc) is 3.15. The first-order valence-corrected chi connectivity index (χ1v) is 11.8. The van der Waals surface area contributed by atoms with E-state index in [1.54, 1.807) is 11.8 Å². The highest BCUT2D eigenvalue weighted by Gasteiger charge is 2.32. The molecule has 0 radical (unpaired) electrons. The van der Waals surface area contributed by atoms with Crippen molar-refractivity contribution < 1.29 is 9.59 Å². The van der Waals surface area contributed by atoms with Crippen LogP contribution >= 0.6 is 23.1 Å². The second kappa shape index (κ2) is 9.71. The van der Waals surface area contributed by atoms with Gasteiger partial charge in [-0.1, -0.05) is 62.4 Å². The van der Waals surface area contributed by atoms with Crippen LogP contribution in [0, 0.1) is 11.3 Å². The third-order valence-electron chi connectivity index (χ3n) is 4.83. The Morgan fingerprint density at radius 1 is 1.14 bits per heavy atom. The predicted molar refractivity (Wildman–Crippen MR) is 119 cm³/mol. The van der Waals surface area contributed by atoms with Crippen molar-refractivity contribution in [1.82, 2.24) is 15.1 Å². The number of nitrogens with zero attached hydrogens (tertiary/aromatic N) is 3. The molecular formula is C21H28N4O2S2. The van der Waals surface area contributed by atoms with Crippen LogP contribution in [0.3, 0.4) is 0 Å². The van der Waals surface area contributed by atoms with Crippen LogP contribution in [0.5, 0.6) is 0 Å². The number of rotatable bonds is 6. The summed E-state index contributed by atoms with van der Waals surface area (Å²) in [7, 11) is 0. The molecule has 2 heterocycles. The molecule has 1 aromatic heterocycles. The van der Waals surface area contributed by atoms with Gasteiger partial charge in [0.1, 0.15) is 5.01 Å². The second-order valence-electron chi connectivity index (χ2n) is 8.29. The van der Waals surface area contributed by atoms with Crippen molar-refractivity contribution in [2.45, 2.75) is 45.1 Å². The molecule has 3 rings (SSSR count). The van der Waals surface area contributed by atoms with E-state index in [-0.39, 0.29) is 23.1 Å². The Labute approximate surface area is 180 Å². The van der Waals surface area contributed by atoms with Crippen molar-refractivity contribution in [2.24, 2.45) is 11.3 Å². The Hall–Kier alpha value is -1.93. The van der Waals surface area contributed by atoms with E-state index in [1.807, 2.05) is 43.9 Å². The first-order chi connectivity index (χ1) is 13.8. The molecule has 1 fully saturated rings. The van der Waals surface area contributed by atoms with Crippen LogP contribution < -0.4 is 5.32 Å². The number of aromatic nitrogens is 2. The fraction of sp³-hybridized carbons (Fsp3) is 0.524. The van der Waals surface area contributed by atoms with Crippen LogP contribution in [-0.4, -0.2) is 40.0 Å². The van der Waals surface area contributed by atoms with Gasteiger partial charge in [0, 0.05) is 35.9 Å². The van der Waals surface area contributed by atoms with E-state index in [0.29, 0.717) is 31.1 Å². The first-order valence-electron chi connectivity index (χ1n) is 9.87. The number of piperidine rings is 1. The zero-order valence-electron chi connectivity index (χ0n) is 17.2. The minimum Gasteiger partial charge on any atom is -0.342 e. The van der Waals surface area contributed by atoms with E-state index in [1.165, 1.54) is 16.9 Å². The van der Waals surface area contributed by atoms with Gasteiger partial charge in [-0.25, -0.2) is 0 Å². The number of benzene rings is 1. The lowest BCUT2D eigenvalue weighted by atomic mass is 9.91. The number of nitrogens with one attached hydrogen (secondary N) is 1. The van der Waals surface area contributed by atoms with E-state index < -0.39 is 0 Å². The summed E-state index contributed by atoms with van der Waals surface area (Å²) in [6.45, 7) is 7.05. The van der Waals surface area contributed by atoms with Crippen molar-refractivity contribution in [3.8, 4) is 0 Å². The molecule has 0 aliphatic carbocycles. The third kappa shape index (κ3) is 6.27. The predicted octanol–water partition coefficient (Wildman–Crippen LogP) is 4.19. The van der Waals surface area contributed by atoms with E-state index in [9.17, 15) is 9.59 Å². The third-order valence-corrected chi connectivity index (χ3v) is 6.87. The molecule has 8 heteroatoms. The van der Waals surface area contributed by atoms with Crippen LogP contribution in [-0.2, 0) is 21.1 Å². The summed E-state index contributed by atoms with van der Waals surface area (Å²) >= 11 is 3.21. The lowest BCUT2D eigenvalue weighted by Crippen LogP contribution is -2.45. The number of likely N-dealkylation sites (tertiary alicyclic amines) is 1. The van der Waals surface area contributed by atoms with E-state index in [0.717, 1.165) is 16.5 Å². The van der Waals surface area contributed by atoms with Crippen molar-refractivity contribution in [1.29, 1.82) is 0 Å². The molecule has 0 bridgehead atoms. The molecule has 156 valence electrons. The van der Waals surface area contributed by atoms with Gasteiger partial charge in [-0.3, -0.25) is 9.59 Å². The van der Waals surface area contributed by atoms with Crippen LogP contribution in [0.15, 0.2) is 30.3 Å². The van der Waals surface area contributed by atoms with Crippen LogP contribution in [0.1, 0.15) is 44.2 Å². The molecule has 2 amide bonds. The molecule has 1 aliphatic rings. The smallest absolute Gasteiger partial charge is 0.229 e. The molecule has 0 atom stereocenters. The largest absolute Gasteiger partial charge is 0.342 e. The van der Waals surface area contributed by atoms with Crippen LogP contribution in [0.2, 0.25) is 0 Å². The number of carbonyl (C=O) groups excluding carboxylic acids is 2. The zero-order valence-corrected chi connectivity index (χ0v) is 18.8. The Bertz CT molecular complexity index is 825. The zero-order chi connectivity index (χ0) is 20.9. The summed E-state index contributed by atoms with van der Waals surface area (Å²) in [5.74, 6) is 1.74. The standard InChI is InChI=1S/C21H28N4O2S2/c1-21(2,3)19(27)25-11-9-16(10-12-25)18(26)22-20-24-23-17(29-20)14-28-13-15-7-5-4-6-8-15/h4-8,16H,9-14H2,1-3H3,(H,22,24,26). The maximum atomic E-state index is 12.6. The molecule has 0 spiro atoms. The van der Waals surface area contributed by atoms with Gasteiger partial charge in [0.2, 0.25) is 16.9 Å². The highest BCUT2D eigenvalue weighted by molar-refractivity contribution is 7.97. The Balaban J connectivity index is 1.43. The van der Waals surface area contributed by atoms with Gasteiger partial charge in [-0.2, -0.15) is 0 Å². The topological polar surface area (TPSA) is 75.2 Å². The molecule has 29 heavy (non-hydrogen) atoms. The van der Waals surface area contributed by atoms with Crippen molar-refractivity contribution >= 4 is 40.0 Å². The second-order valence-corrected chi connectivity index (χ2v) is 10.3. The van der Waals surface area contributed by atoms with Crippen molar-refractivity contribution in [3.63, 3.8) is 0 Å². The Morgan fingerprint density at radius 3 is 2.48 bits per heavy atom. The Kier molecular flexibility index (Phi) is 7.29. The monoisotopic (exact) mass is 432 g/mol. The van der Waals surface area contributed by atoms with Crippen LogP contribution in [0.4, 0.5) is 5.13 Å². The van der Waals surface area contributed by atoms with Gasteiger partial charge in [0.25, 0.3) is 0 Å². The normalized spacial score (nSPS) is 15.3. The summed E-state index contributed by atoms with van der Waals surface area (Å²) < 4.78 is 0. The molecular weight excluding hydrogens is 404 g/mol. The maximum absolute atomic E-state index is 12.6. The van der Waals surface area contributed by atoms with Gasteiger partial charge < -0.3 is 10.2 Å². The van der Waals surface area contributed by atoms with E-state index in [2.05, 4.69) is 27.6 Å². The minimum atomic E-state index is -0.378. The van der Waals surface area contributed by atoms with Gasteiger partial charge in [-0.15, -0.1) is 22.0 Å². The fourth-order valence-corrected chi connectivity index (χ4v) is 5.01. The van der Waals surface area contributed by atoms with E-state index >= 15 is 0 Å². The lowest BCUT2D eigenvalue weighted by Gasteiger charge is -2.35. The molecule has 6 nitrogen and oxygen atoms in total. The summed E-state index contributed by atoms with van der Waals surface area (Å²) in [5, 5.41) is 12.7. The molecule has 1 aromatic carbocycles. The fourth-order valence-electron chi connectivity index (χ4n) is 3.22. The number of amides is 2. The summed E-state index contributed by atoms with van der Waals surface area (Å²) in [5.41, 5.74) is 0.906. The molecule has 1 saturated heterocycles. The summed E-state index contributed by atoms with van der Waals surface area (Å²) in [6, 6.07) is 10.3. The van der Waals surface area contributed by atoms with Crippen LogP contribution in [0.25, 0.3) is 0 Å². The highest BCUT2D eigenvalue weighted by atomic mass is 32.2. The average molecular weight is 433 g/mol.